The molecule has 1 nitrogen and oxygen atoms in total. The zero-order valence-electron chi connectivity index (χ0n) is 12.9. The zero-order chi connectivity index (χ0) is 15.1. The number of nitrogens with one attached hydrogen (secondary N) is 1. The Kier molecular flexibility index (Phi) is 6.28. The Morgan fingerprint density at radius 3 is 2.43 bits per heavy atom. The van der Waals surface area contributed by atoms with E-state index in [-0.39, 0.29) is 0 Å². The second-order valence-corrected chi connectivity index (χ2v) is 5.96. The summed E-state index contributed by atoms with van der Waals surface area (Å²) in [5.74, 6) is 0. The first-order valence-corrected chi connectivity index (χ1v) is 8.12. The third-order valence-corrected chi connectivity index (χ3v) is 4.13. The van der Waals surface area contributed by atoms with Crippen molar-refractivity contribution in [2.24, 2.45) is 0 Å². The number of hydrogen-bond acceptors (Lipinski definition) is 1. The van der Waals surface area contributed by atoms with Crippen LogP contribution in [0, 0.1) is 6.92 Å². The Morgan fingerprint density at radius 1 is 1.05 bits per heavy atom. The minimum atomic E-state index is 0.391. The van der Waals surface area contributed by atoms with Gasteiger partial charge in [-0.2, -0.15) is 0 Å². The molecule has 0 fully saturated rings. The lowest BCUT2D eigenvalue weighted by Crippen LogP contribution is -2.22. The lowest BCUT2D eigenvalue weighted by atomic mass is 9.97. The van der Waals surface area contributed by atoms with Gasteiger partial charge in [-0.15, -0.1) is 0 Å². The topological polar surface area (TPSA) is 12.0 Å². The first-order valence-electron chi connectivity index (χ1n) is 7.74. The Morgan fingerprint density at radius 2 is 1.76 bits per heavy atom. The van der Waals surface area contributed by atoms with Crippen molar-refractivity contribution in [2.75, 3.05) is 6.54 Å². The molecule has 2 rings (SSSR count). The van der Waals surface area contributed by atoms with Gasteiger partial charge in [-0.1, -0.05) is 54.9 Å². The van der Waals surface area contributed by atoms with Crippen LogP contribution >= 0.6 is 11.6 Å². The summed E-state index contributed by atoms with van der Waals surface area (Å²) in [5, 5.41) is 4.45. The van der Waals surface area contributed by atoms with Crippen LogP contribution in [0.15, 0.2) is 48.5 Å². The van der Waals surface area contributed by atoms with Gasteiger partial charge in [0.25, 0.3) is 0 Å². The van der Waals surface area contributed by atoms with Crippen molar-refractivity contribution in [1.29, 1.82) is 0 Å². The van der Waals surface area contributed by atoms with Gasteiger partial charge in [-0.05, 0) is 61.6 Å². The molecule has 0 aromatic heterocycles. The highest BCUT2D eigenvalue weighted by Crippen LogP contribution is 2.22. The van der Waals surface area contributed by atoms with E-state index in [0.717, 1.165) is 30.8 Å². The number of halogens is 1. The standard InChI is InChI=1S/C19H24ClN/c1-3-14-21-19(17-8-11-18(20)12-9-17)13-10-16-7-5-4-6-15(16)2/h4-9,11-12,19,21H,3,10,13-14H2,1-2H3. The molecule has 0 aliphatic heterocycles. The molecule has 2 aromatic rings. The summed E-state index contributed by atoms with van der Waals surface area (Å²) in [5.41, 5.74) is 4.14. The average Bonchev–Trinajstić information content (AvgIpc) is 2.50. The van der Waals surface area contributed by atoms with E-state index < -0.39 is 0 Å². The smallest absolute Gasteiger partial charge is 0.0406 e. The first-order chi connectivity index (χ1) is 10.2. The number of aryl methyl sites for hydroxylation is 2. The van der Waals surface area contributed by atoms with Gasteiger partial charge >= 0.3 is 0 Å². The fraction of sp³-hybridized carbons (Fsp3) is 0.368. The molecule has 21 heavy (non-hydrogen) atoms. The van der Waals surface area contributed by atoms with Crippen LogP contribution < -0.4 is 5.32 Å². The lowest BCUT2D eigenvalue weighted by Gasteiger charge is -2.19. The normalized spacial score (nSPS) is 12.3. The fourth-order valence-corrected chi connectivity index (χ4v) is 2.72. The number of rotatable bonds is 7. The third kappa shape index (κ3) is 4.87. The molecule has 0 saturated heterocycles. The van der Waals surface area contributed by atoms with E-state index in [1.165, 1.54) is 16.7 Å². The van der Waals surface area contributed by atoms with E-state index in [1.54, 1.807) is 0 Å². The maximum absolute atomic E-state index is 5.99. The summed E-state index contributed by atoms with van der Waals surface area (Å²) in [7, 11) is 0. The molecule has 0 spiro atoms. The molecule has 2 aromatic carbocycles. The highest BCUT2D eigenvalue weighted by Gasteiger charge is 2.11. The molecule has 0 heterocycles. The van der Waals surface area contributed by atoms with Crippen molar-refractivity contribution in [3.05, 3.63) is 70.2 Å². The van der Waals surface area contributed by atoms with Crippen molar-refractivity contribution in [3.63, 3.8) is 0 Å². The van der Waals surface area contributed by atoms with Crippen LogP contribution in [0.1, 0.15) is 42.5 Å². The van der Waals surface area contributed by atoms with Gasteiger partial charge < -0.3 is 5.32 Å². The van der Waals surface area contributed by atoms with Crippen molar-refractivity contribution >= 4 is 11.6 Å². The van der Waals surface area contributed by atoms with Crippen molar-refractivity contribution in [2.45, 2.75) is 39.2 Å². The Labute approximate surface area is 133 Å². The maximum atomic E-state index is 5.99. The molecule has 0 amide bonds. The summed E-state index contributed by atoms with van der Waals surface area (Å²) in [4.78, 5) is 0. The van der Waals surface area contributed by atoms with Crippen molar-refractivity contribution in [3.8, 4) is 0 Å². The van der Waals surface area contributed by atoms with Crippen molar-refractivity contribution in [1.82, 2.24) is 5.32 Å². The summed E-state index contributed by atoms with van der Waals surface area (Å²) < 4.78 is 0. The van der Waals surface area contributed by atoms with Gasteiger partial charge in [0, 0.05) is 11.1 Å². The van der Waals surface area contributed by atoms with Crippen LogP contribution in [0.2, 0.25) is 5.02 Å². The first kappa shape index (κ1) is 16.1. The van der Waals surface area contributed by atoms with E-state index in [2.05, 4.69) is 55.6 Å². The van der Waals surface area contributed by atoms with E-state index in [1.807, 2.05) is 12.1 Å². The van der Waals surface area contributed by atoms with Gasteiger partial charge in [-0.25, -0.2) is 0 Å². The van der Waals surface area contributed by atoms with Crippen LogP contribution in [-0.2, 0) is 6.42 Å². The van der Waals surface area contributed by atoms with Gasteiger partial charge in [0.2, 0.25) is 0 Å². The molecule has 1 N–H and O–H groups in total. The minimum Gasteiger partial charge on any atom is -0.310 e. The van der Waals surface area contributed by atoms with Crippen molar-refractivity contribution < 1.29 is 0 Å². The monoisotopic (exact) mass is 301 g/mol. The highest BCUT2D eigenvalue weighted by molar-refractivity contribution is 6.30. The zero-order valence-corrected chi connectivity index (χ0v) is 13.7. The largest absolute Gasteiger partial charge is 0.310 e. The Hall–Kier alpha value is -1.31. The second-order valence-electron chi connectivity index (χ2n) is 5.52. The Balaban J connectivity index is 2.06. The van der Waals surface area contributed by atoms with Crippen LogP contribution in [0.5, 0.6) is 0 Å². The van der Waals surface area contributed by atoms with Crippen LogP contribution in [0.25, 0.3) is 0 Å². The van der Waals surface area contributed by atoms with Gasteiger partial charge in [-0.3, -0.25) is 0 Å². The predicted molar refractivity (Wildman–Crippen MR) is 92.0 cm³/mol. The molecule has 0 aliphatic rings. The summed E-state index contributed by atoms with van der Waals surface area (Å²) in [6, 6.07) is 17.3. The van der Waals surface area contributed by atoms with E-state index in [0.29, 0.717) is 6.04 Å². The van der Waals surface area contributed by atoms with E-state index >= 15 is 0 Å². The molecule has 0 saturated carbocycles. The quantitative estimate of drug-likeness (QED) is 0.729. The highest BCUT2D eigenvalue weighted by atomic mass is 35.5. The van der Waals surface area contributed by atoms with Gasteiger partial charge in [0.15, 0.2) is 0 Å². The molecule has 0 radical (unpaired) electrons. The molecule has 1 unspecified atom stereocenters. The SMILES string of the molecule is CCCNC(CCc1ccccc1C)c1ccc(Cl)cc1. The molecule has 112 valence electrons. The maximum Gasteiger partial charge on any atom is 0.0406 e. The average molecular weight is 302 g/mol. The van der Waals surface area contributed by atoms with E-state index in [9.17, 15) is 0 Å². The molecule has 1 atom stereocenters. The van der Waals surface area contributed by atoms with Crippen LogP contribution in [0.3, 0.4) is 0 Å². The van der Waals surface area contributed by atoms with Gasteiger partial charge in [0.1, 0.15) is 0 Å². The molecule has 0 aliphatic carbocycles. The number of hydrogen-bond donors (Lipinski definition) is 1. The Bertz CT molecular complexity index is 548. The lowest BCUT2D eigenvalue weighted by molar-refractivity contribution is 0.499. The molecular formula is C19H24ClN. The summed E-state index contributed by atoms with van der Waals surface area (Å²) in [6.45, 7) is 5.43. The summed E-state index contributed by atoms with van der Waals surface area (Å²) >= 11 is 5.99. The van der Waals surface area contributed by atoms with Crippen LogP contribution in [0.4, 0.5) is 0 Å². The second kappa shape index (κ2) is 8.21. The molecule has 0 bridgehead atoms. The predicted octanol–water partition coefficient (Wildman–Crippen LogP) is 5.32. The third-order valence-electron chi connectivity index (χ3n) is 3.88. The minimum absolute atomic E-state index is 0.391. The van der Waals surface area contributed by atoms with E-state index in [4.69, 9.17) is 11.6 Å². The number of benzene rings is 2. The summed E-state index contributed by atoms with van der Waals surface area (Å²) in [6.07, 6.45) is 3.34. The van der Waals surface area contributed by atoms with Gasteiger partial charge in [0.05, 0.1) is 0 Å². The fourth-order valence-electron chi connectivity index (χ4n) is 2.59. The van der Waals surface area contributed by atoms with Crippen LogP contribution in [-0.4, -0.2) is 6.54 Å². The molecule has 2 heteroatoms. The molecular weight excluding hydrogens is 278 g/mol.